The van der Waals surface area contributed by atoms with Crippen molar-refractivity contribution in [3.05, 3.63) is 63.9 Å². The second-order valence-electron chi connectivity index (χ2n) is 6.52. The van der Waals surface area contributed by atoms with Gasteiger partial charge in [-0.05, 0) is 55.5 Å². The number of nitrogens with one attached hydrogen (secondary N) is 1. The number of benzene rings is 2. The van der Waals surface area contributed by atoms with E-state index in [4.69, 9.17) is 4.74 Å². The third-order valence-electron chi connectivity index (χ3n) is 4.94. The summed E-state index contributed by atoms with van der Waals surface area (Å²) in [6, 6.07) is 12.9. The summed E-state index contributed by atoms with van der Waals surface area (Å²) >= 11 is 5.41. The summed E-state index contributed by atoms with van der Waals surface area (Å²) in [4.78, 5) is 0. The van der Waals surface area contributed by atoms with Crippen LogP contribution in [0.25, 0.3) is 5.57 Å². The molecule has 1 N–H and O–H groups in total. The molecule has 5 heteroatoms. The van der Waals surface area contributed by atoms with E-state index < -0.39 is 0 Å². The lowest BCUT2D eigenvalue weighted by Crippen LogP contribution is -2.36. The molecule has 0 bridgehead atoms. The van der Waals surface area contributed by atoms with Gasteiger partial charge in [0, 0.05) is 33.6 Å². The third-order valence-corrected chi connectivity index (χ3v) is 6.50. The van der Waals surface area contributed by atoms with Crippen LogP contribution < -0.4 is 9.46 Å². The van der Waals surface area contributed by atoms with E-state index in [9.17, 15) is 4.39 Å². The first kappa shape index (κ1) is 17.0. The van der Waals surface area contributed by atoms with Gasteiger partial charge < -0.3 is 9.46 Å². The Morgan fingerprint density at radius 2 is 1.84 bits per heavy atom. The molecule has 130 valence electrons. The normalized spacial score (nSPS) is 18.2. The van der Waals surface area contributed by atoms with Crippen LogP contribution in [0.4, 0.5) is 10.1 Å². The maximum Gasteiger partial charge on any atom is 0.141 e. The van der Waals surface area contributed by atoms with Gasteiger partial charge in [0.15, 0.2) is 0 Å². The molecule has 0 unspecified atom stereocenters. The maximum absolute atomic E-state index is 13.4. The standard InChI is InChI=1S/C20H19BrFNOS/c1-25-23-15-8-9-16-17(12-15)24-20(10-2-3-11-20)19(21)18(16)13-4-6-14(22)7-5-13/h4-9,12,23H,2-3,10-11H2,1H3. The fourth-order valence-electron chi connectivity index (χ4n) is 3.76. The number of fused-ring (bicyclic) bond motifs is 1. The Bertz CT molecular complexity index is 828. The van der Waals surface area contributed by atoms with Crippen molar-refractivity contribution in [2.75, 3.05) is 11.0 Å². The van der Waals surface area contributed by atoms with Crippen molar-refractivity contribution in [2.45, 2.75) is 31.3 Å². The lowest BCUT2D eigenvalue weighted by molar-refractivity contribution is 0.121. The number of hydrogen-bond acceptors (Lipinski definition) is 3. The highest BCUT2D eigenvalue weighted by molar-refractivity contribution is 9.12. The number of rotatable bonds is 3. The molecule has 0 aromatic heterocycles. The molecule has 2 nitrogen and oxygen atoms in total. The molecule has 0 saturated heterocycles. The molecule has 1 heterocycles. The average Bonchev–Trinajstić information content (AvgIpc) is 3.07. The van der Waals surface area contributed by atoms with Crippen LogP contribution >= 0.6 is 27.9 Å². The zero-order valence-corrected chi connectivity index (χ0v) is 16.3. The largest absolute Gasteiger partial charge is 0.481 e. The number of anilines is 1. The van der Waals surface area contributed by atoms with E-state index in [-0.39, 0.29) is 11.4 Å². The van der Waals surface area contributed by atoms with Gasteiger partial charge in [0.2, 0.25) is 0 Å². The van der Waals surface area contributed by atoms with Gasteiger partial charge >= 0.3 is 0 Å². The Morgan fingerprint density at radius 1 is 1.12 bits per heavy atom. The van der Waals surface area contributed by atoms with Gasteiger partial charge in [-0.1, -0.05) is 40.0 Å². The molecule has 0 radical (unpaired) electrons. The molecule has 4 rings (SSSR count). The Morgan fingerprint density at radius 3 is 2.52 bits per heavy atom. The first-order valence-corrected chi connectivity index (χ1v) is 10.4. The van der Waals surface area contributed by atoms with Crippen LogP contribution in [0.2, 0.25) is 0 Å². The zero-order valence-electron chi connectivity index (χ0n) is 13.9. The minimum absolute atomic E-state index is 0.220. The predicted octanol–water partition coefficient (Wildman–Crippen LogP) is 6.38. The van der Waals surface area contributed by atoms with Crippen LogP contribution in [0.1, 0.15) is 36.8 Å². The first-order chi connectivity index (χ1) is 12.1. The smallest absolute Gasteiger partial charge is 0.141 e. The summed E-state index contributed by atoms with van der Waals surface area (Å²) in [5.41, 5.74) is 3.89. The molecule has 1 spiro atoms. The average molecular weight is 420 g/mol. The maximum atomic E-state index is 13.4. The highest BCUT2D eigenvalue weighted by Gasteiger charge is 2.44. The summed E-state index contributed by atoms with van der Waals surface area (Å²) in [7, 11) is 0. The predicted molar refractivity (Wildman–Crippen MR) is 107 cm³/mol. The Labute approximate surface area is 160 Å². The van der Waals surface area contributed by atoms with Crippen LogP contribution in [0.15, 0.2) is 46.9 Å². The SMILES string of the molecule is CSNc1ccc2c(c1)OC1(CCCC1)C(Br)=C2c1ccc(F)cc1. The van der Waals surface area contributed by atoms with Crippen LogP contribution in [-0.2, 0) is 0 Å². The molecule has 2 aromatic carbocycles. The zero-order chi connectivity index (χ0) is 17.4. The van der Waals surface area contributed by atoms with Crippen molar-refractivity contribution in [1.82, 2.24) is 0 Å². The topological polar surface area (TPSA) is 21.3 Å². The first-order valence-electron chi connectivity index (χ1n) is 8.42. The summed E-state index contributed by atoms with van der Waals surface area (Å²) in [5.74, 6) is 0.673. The van der Waals surface area contributed by atoms with Crippen LogP contribution in [0, 0.1) is 5.82 Å². The van der Waals surface area contributed by atoms with E-state index in [1.807, 2.05) is 18.4 Å². The molecule has 2 aromatic rings. The van der Waals surface area contributed by atoms with Gasteiger partial charge in [-0.25, -0.2) is 4.39 Å². The molecular weight excluding hydrogens is 401 g/mol. The van der Waals surface area contributed by atoms with Gasteiger partial charge in [-0.2, -0.15) is 0 Å². The second-order valence-corrected chi connectivity index (χ2v) is 7.92. The van der Waals surface area contributed by atoms with E-state index in [0.29, 0.717) is 0 Å². The van der Waals surface area contributed by atoms with Gasteiger partial charge in [0.25, 0.3) is 0 Å². The quantitative estimate of drug-likeness (QED) is 0.583. The summed E-state index contributed by atoms with van der Waals surface area (Å²) in [5, 5.41) is 0. The highest BCUT2D eigenvalue weighted by Crippen LogP contribution is 2.52. The van der Waals surface area contributed by atoms with Crippen molar-refractivity contribution < 1.29 is 9.13 Å². The second kappa shape index (κ2) is 6.69. The molecule has 1 aliphatic carbocycles. The van der Waals surface area contributed by atoms with Crippen molar-refractivity contribution >= 4 is 39.1 Å². The lowest BCUT2D eigenvalue weighted by atomic mass is 9.87. The third kappa shape index (κ3) is 2.97. The van der Waals surface area contributed by atoms with Gasteiger partial charge in [0.05, 0.1) is 0 Å². The highest BCUT2D eigenvalue weighted by atomic mass is 79.9. The number of ether oxygens (including phenoxy) is 1. The van der Waals surface area contributed by atoms with Gasteiger partial charge in [-0.15, -0.1) is 0 Å². The summed E-state index contributed by atoms with van der Waals surface area (Å²) in [6.45, 7) is 0. The number of halogens is 2. The van der Waals surface area contributed by atoms with E-state index in [2.05, 4.69) is 38.9 Å². The molecule has 0 atom stereocenters. The van der Waals surface area contributed by atoms with Gasteiger partial charge in [-0.3, -0.25) is 0 Å². The van der Waals surface area contributed by atoms with Crippen molar-refractivity contribution in [1.29, 1.82) is 0 Å². The minimum atomic E-state index is -0.297. The molecular formula is C20H19BrFNOS. The monoisotopic (exact) mass is 419 g/mol. The van der Waals surface area contributed by atoms with Crippen molar-refractivity contribution in [3.8, 4) is 5.75 Å². The molecule has 25 heavy (non-hydrogen) atoms. The molecule has 1 aliphatic heterocycles. The van der Waals surface area contributed by atoms with Gasteiger partial charge in [0.1, 0.15) is 17.2 Å². The van der Waals surface area contributed by atoms with Crippen molar-refractivity contribution in [3.63, 3.8) is 0 Å². The van der Waals surface area contributed by atoms with E-state index in [1.54, 1.807) is 11.9 Å². The fourth-order valence-corrected chi connectivity index (χ4v) is 5.05. The summed E-state index contributed by atoms with van der Waals surface area (Å²) < 4.78 is 24.3. The molecule has 1 saturated carbocycles. The van der Waals surface area contributed by atoms with E-state index in [0.717, 1.165) is 58.3 Å². The molecule has 0 amide bonds. The number of hydrogen-bond donors (Lipinski definition) is 1. The Kier molecular flexibility index (Phi) is 4.54. The summed E-state index contributed by atoms with van der Waals surface area (Å²) in [6.07, 6.45) is 6.31. The van der Waals surface area contributed by atoms with Crippen molar-refractivity contribution in [2.24, 2.45) is 0 Å². The lowest BCUT2D eigenvalue weighted by Gasteiger charge is -2.37. The Hall–Kier alpha value is -1.46. The van der Waals surface area contributed by atoms with Crippen LogP contribution in [0.3, 0.4) is 0 Å². The van der Waals surface area contributed by atoms with E-state index >= 15 is 0 Å². The Balaban J connectivity index is 1.90. The molecule has 1 fully saturated rings. The fraction of sp³-hybridized carbons (Fsp3) is 0.300. The molecule has 2 aliphatic rings. The van der Waals surface area contributed by atoms with Crippen LogP contribution in [-0.4, -0.2) is 11.9 Å². The van der Waals surface area contributed by atoms with E-state index in [1.165, 1.54) is 12.1 Å². The minimum Gasteiger partial charge on any atom is -0.481 e. The van der Waals surface area contributed by atoms with Crippen LogP contribution in [0.5, 0.6) is 5.75 Å².